The van der Waals surface area contributed by atoms with Gasteiger partial charge in [-0.05, 0) is 54.7 Å². The summed E-state index contributed by atoms with van der Waals surface area (Å²) in [5.74, 6) is 1.99. The highest BCUT2D eigenvalue weighted by molar-refractivity contribution is 5.81. The van der Waals surface area contributed by atoms with Crippen molar-refractivity contribution < 1.29 is 28.5 Å². The number of nitrogens with one attached hydrogen (secondary N) is 2. The van der Waals surface area contributed by atoms with Gasteiger partial charge in [0, 0.05) is 57.8 Å². The van der Waals surface area contributed by atoms with Crippen molar-refractivity contribution in [2.24, 2.45) is 5.41 Å². The zero-order valence-corrected chi connectivity index (χ0v) is 25.9. The first kappa shape index (κ1) is 32.1. The first-order chi connectivity index (χ1) is 20.3. The predicted octanol–water partition coefficient (Wildman–Crippen LogP) is 4.14. The standard InChI is InChI=1S/C33H49N3O6/c1-33(2,32(37)34-13-17-39-4)21-26-20-28(25-8-10-27(40-5)11-9-25)31(22-35-26)42-23-24-7-12-30-29(19-24)36(15-18-41-30)14-6-16-38-3/h7-12,19,26,28,31,35H,6,13-18,20-23H2,1-5H3,(H,34,37)/t26-,28?,31-/m0/s1. The first-order valence-corrected chi connectivity index (χ1v) is 15.1. The van der Waals surface area contributed by atoms with Crippen LogP contribution in [0.2, 0.25) is 0 Å². The van der Waals surface area contributed by atoms with Gasteiger partial charge in [-0.3, -0.25) is 4.79 Å². The molecule has 0 radical (unpaired) electrons. The zero-order chi connectivity index (χ0) is 30.0. The summed E-state index contributed by atoms with van der Waals surface area (Å²) in [7, 11) is 5.07. The molecule has 1 saturated heterocycles. The molecule has 0 saturated carbocycles. The van der Waals surface area contributed by atoms with E-state index < -0.39 is 5.41 Å². The summed E-state index contributed by atoms with van der Waals surface area (Å²) in [5, 5.41) is 6.70. The maximum atomic E-state index is 12.9. The van der Waals surface area contributed by atoms with Gasteiger partial charge in [0.05, 0.1) is 38.7 Å². The van der Waals surface area contributed by atoms with Crippen LogP contribution in [0.3, 0.4) is 0 Å². The van der Waals surface area contributed by atoms with Crippen molar-refractivity contribution in [2.45, 2.75) is 57.8 Å². The lowest BCUT2D eigenvalue weighted by molar-refractivity contribution is -0.130. The van der Waals surface area contributed by atoms with E-state index in [4.69, 9.17) is 23.7 Å². The summed E-state index contributed by atoms with van der Waals surface area (Å²) in [6, 6.07) is 14.8. The second kappa shape index (κ2) is 15.6. The molecule has 1 amide bonds. The van der Waals surface area contributed by atoms with Crippen molar-refractivity contribution in [2.75, 3.05) is 72.2 Å². The van der Waals surface area contributed by atoms with Gasteiger partial charge in [0.25, 0.3) is 0 Å². The van der Waals surface area contributed by atoms with Crippen LogP contribution in [0, 0.1) is 5.41 Å². The minimum Gasteiger partial charge on any atom is -0.497 e. The molecule has 1 unspecified atom stereocenters. The van der Waals surface area contributed by atoms with Gasteiger partial charge >= 0.3 is 0 Å². The molecule has 9 nitrogen and oxygen atoms in total. The highest BCUT2D eigenvalue weighted by Crippen LogP contribution is 2.37. The monoisotopic (exact) mass is 583 g/mol. The second-order valence-corrected chi connectivity index (χ2v) is 11.9. The van der Waals surface area contributed by atoms with E-state index >= 15 is 0 Å². The predicted molar refractivity (Wildman–Crippen MR) is 165 cm³/mol. The zero-order valence-electron chi connectivity index (χ0n) is 25.9. The fourth-order valence-corrected chi connectivity index (χ4v) is 5.96. The topological polar surface area (TPSA) is 90.5 Å². The van der Waals surface area contributed by atoms with Gasteiger partial charge in [0.15, 0.2) is 0 Å². The number of ether oxygens (including phenoxy) is 5. The molecule has 4 rings (SSSR count). The van der Waals surface area contributed by atoms with E-state index in [0.717, 1.165) is 61.7 Å². The van der Waals surface area contributed by atoms with Crippen molar-refractivity contribution in [3.05, 3.63) is 53.6 Å². The number of anilines is 1. The van der Waals surface area contributed by atoms with E-state index in [1.54, 1.807) is 21.3 Å². The quantitative estimate of drug-likeness (QED) is 0.303. The maximum absolute atomic E-state index is 12.9. The molecule has 0 spiro atoms. The van der Waals surface area contributed by atoms with Crippen molar-refractivity contribution in [1.82, 2.24) is 10.6 Å². The third-order valence-corrected chi connectivity index (χ3v) is 8.33. The van der Waals surface area contributed by atoms with E-state index in [2.05, 4.69) is 45.9 Å². The van der Waals surface area contributed by atoms with Crippen molar-refractivity contribution in [1.29, 1.82) is 0 Å². The summed E-state index contributed by atoms with van der Waals surface area (Å²) in [6.07, 6.45) is 2.56. The van der Waals surface area contributed by atoms with Crippen LogP contribution in [0.5, 0.6) is 11.5 Å². The highest BCUT2D eigenvalue weighted by atomic mass is 16.5. The molecule has 2 N–H and O–H groups in total. The lowest BCUT2D eigenvalue weighted by atomic mass is 9.77. The number of carbonyl (C=O) groups excluding carboxylic acids is 1. The Kier molecular flexibility index (Phi) is 11.9. The number of benzene rings is 2. The van der Waals surface area contributed by atoms with Gasteiger partial charge in [0.1, 0.15) is 18.1 Å². The molecule has 232 valence electrons. The fraction of sp³-hybridized carbons (Fsp3) is 0.606. The lowest BCUT2D eigenvalue weighted by Gasteiger charge is -2.40. The summed E-state index contributed by atoms with van der Waals surface area (Å²) < 4.78 is 28.3. The fourth-order valence-electron chi connectivity index (χ4n) is 5.96. The number of methoxy groups -OCH3 is 3. The Hall–Kier alpha value is -2.85. The molecule has 9 heteroatoms. The van der Waals surface area contributed by atoms with Crippen LogP contribution in [0.1, 0.15) is 50.2 Å². The number of fused-ring (bicyclic) bond motifs is 1. The first-order valence-electron chi connectivity index (χ1n) is 15.1. The second-order valence-electron chi connectivity index (χ2n) is 11.9. The number of hydrogen-bond donors (Lipinski definition) is 2. The molecule has 42 heavy (non-hydrogen) atoms. The molecule has 2 aliphatic heterocycles. The number of piperidine rings is 1. The largest absolute Gasteiger partial charge is 0.497 e. The number of amides is 1. The number of nitrogens with zero attached hydrogens (tertiary/aromatic N) is 1. The molecule has 0 aliphatic carbocycles. The molecular weight excluding hydrogens is 534 g/mol. The van der Waals surface area contributed by atoms with Crippen LogP contribution < -0.4 is 25.0 Å². The average Bonchev–Trinajstić information content (AvgIpc) is 3.00. The number of carbonyl (C=O) groups is 1. The van der Waals surface area contributed by atoms with Gasteiger partial charge in [0.2, 0.25) is 5.91 Å². The molecule has 1 fully saturated rings. The number of hydrogen-bond acceptors (Lipinski definition) is 8. The summed E-state index contributed by atoms with van der Waals surface area (Å²) in [6.45, 7) is 9.51. The average molecular weight is 584 g/mol. The molecule has 2 aromatic carbocycles. The van der Waals surface area contributed by atoms with Crippen LogP contribution >= 0.6 is 0 Å². The van der Waals surface area contributed by atoms with E-state index in [9.17, 15) is 4.79 Å². The van der Waals surface area contributed by atoms with Gasteiger partial charge in [-0.1, -0.05) is 32.0 Å². The molecule has 2 aromatic rings. The smallest absolute Gasteiger partial charge is 0.225 e. The van der Waals surface area contributed by atoms with Crippen molar-refractivity contribution >= 4 is 11.6 Å². The highest BCUT2D eigenvalue weighted by Gasteiger charge is 2.37. The minimum absolute atomic E-state index is 0.0154. The molecule has 0 aromatic heterocycles. The molecule has 3 atom stereocenters. The van der Waals surface area contributed by atoms with Crippen molar-refractivity contribution in [3.8, 4) is 11.5 Å². The normalized spacial score (nSPS) is 20.5. The van der Waals surface area contributed by atoms with E-state index in [1.165, 1.54) is 5.56 Å². The third-order valence-electron chi connectivity index (χ3n) is 8.33. The van der Waals surface area contributed by atoms with Crippen LogP contribution in [-0.4, -0.2) is 85.4 Å². The Morgan fingerprint density at radius 1 is 1.10 bits per heavy atom. The minimum atomic E-state index is -0.510. The summed E-state index contributed by atoms with van der Waals surface area (Å²) >= 11 is 0. The molecular formula is C33H49N3O6. The Balaban J connectivity index is 1.44. The van der Waals surface area contributed by atoms with Crippen LogP contribution in [0.15, 0.2) is 42.5 Å². The van der Waals surface area contributed by atoms with Crippen LogP contribution in [0.4, 0.5) is 5.69 Å². The molecule has 2 aliphatic rings. The van der Waals surface area contributed by atoms with Crippen molar-refractivity contribution in [3.63, 3.8) is 0 Å². The maximum Gasteiger partial charge on any atom is 0.225 e. The van der Waals surface area contributed by atoms with Crippen LogP contribution in [-0.2, 0) is 25.6 Å². The van der Waals surface area contributed by atoms with E-state index in [0.29, 0.717) is 32.9 Å². The Labute approximate surface area is 251 Å². The number of rotatable bonds is 15. The van der Waals surface area contributed by atoms with E-state index in [-0.39, 0.29) is 24.0 Å². The Bertz CT molecular complexity index is 1130. The van der Waals surface area contributed by atoms with Crippen LogP contribution in [0.25, 0.3) is 0 Å². The van der Waals surface area contributed by atoms with Gasteiger partial charge < -0.3 is 39.2 Å². The lowest BCUT2D eigenvalue weighted by Crippen LogP contribution is -2.50. The third kappa shape index (κ3) is 8.60. The Morgan fingerprint density at radius 2 is 1.88 bits per heavy atom. The van der Waals surface area contributed by atoms with Gasteiger partial charge in [-0.25, -0.2) is 0 Å². The summed E-state index contributed by atoms with van der Waals surface area (Å²) in [5.41, 5.74) is 2.96. The van der Waals surface area contributed by atoms with E-state index in [1.807, 2.05) is 26.0 Å². The SMILES string of the molecule is COCCCN1CCOc2ccc(CO[C@H]3CN[C@H](CC(C)(C)C(=O)NCCOC)CC3c3ccc(OC)cc3)cc21. The molecule has 0 bridgehead atoms. The van der Waals surface area contributed by atoms with Gasteiger partial charge in [-0.15, -0.1) is 0 Å². The Morgan fingerprint density at radius 3 is 2.62 bits per heavy atom. The van der Waals surface area contributed by atoms with Gasteiger partial charge in [-0.2, -0.15) is 0 Å². The molecule has 2 heterocycles. The summed E-state index contributed by atoms with van der Waals surface area (Å²) in [4.78, 5) is 15.3.